The summed E-state index contributed by atoms with van der Waals surface area (Å²) in [6.07, 6.45) is 5.01. The molecule has 0 aromatic heterocycles. The van der Waals surface area contributed by atoms with Crippen molar-refractivity contribution in [2.45, 2.75) is 50.7 Å². The Bertz CT molecular complexity index is 200. The molecule has 2 rings (SSSR count). The summed E-state index contributed by atoms with van der Waals surface area (Å²) in [4.78, 5) is 0. The van der Waals surface area contributed by atoms with Crippen LogP contribution in [0.2, 0.25) is 0 Å². The lowest BCUT2D eigenvalue weighted by Crippen LogP contribution is -2.54. The van der Waals surface area contributed by atoms with Crippen molar-refractivity contribution in [1.82, 2.24) is 5.32 Å². The second-order valence-electron chi connectivity index (χ2n) is 5.21. The predicted molar refractivity (Wildman–Crippen MR) is 59.8 cm³/mol. The summed E-state index contributed by atoms with van der Waals surface area (Å²) in [5, 5.41) is 14.1. The van der Waals surface area contributed by atoms with Crippen LogP contribution in [0.1, 0.15) is 39.0 Å². The van der Waals surface area contributed by atoms with Gasteiger partial charge in [-0.2, -0.15) is 0 Å². The zero-order valence-electron chi connectivity index (χ0n) is 9.67. The van der Waals surface area contributed by atoms with Gasteiger partial charge in [-0.25, -0.2) is 0 Å². The van der Waals surface area contributed by atoms with Gasteiger partial charge < -0.3 is 15.2 Å². The van der Waals surface area contributed by atoms with Gasteiger partial charge in [-0.15, -0.1) is 0 Å². The Morgan fingerprint density at radius 2 is 2.20 bits per heavy atom. The number of aliphatic hydroxyl groups is 1. The Morgan fingerprint density at radius 1 is 1.33 bits per heavy atom. The highest BCUT2D eigenvalue weighted by atomic mass is 16.5. The van der Waals surface area contributed by atoms with E-state index in [2.05, 4.69) is 12.2 Å². The molecule has 3 atom stereocenters. The quantitative estimate of drug-likeness (QED) is 0.690. The third-order valence-corrected chi connectivity index (χ3v) is 3.89. The first kappa shape index (κ1) is 11.4. The van der Waals surface area contributed by atoms with Crippen LogP contribution >= 0.6 is 0 Å². The topological polar surface area (TPSA) is 41.5 Å². The molecule has 0 aromatic rings. The summed E-state index contributed by atoms with van der Waals surface area (Å²) in [5.41, 5.74) is -0.523. The van der Waals surface area contributed by atoms with Crippen LogP contribution in [-0.4, -0.2) is 36.5 Å². The maximum atomic E-state index is 10.7. The summed E-state index contributed by atoms with van der Waals surface area (Å²) >= 11 is 0. The molecule has 3 nitrogen and oxygen atoms in total. The molecule has 3 unspecified atom stereocenters. The first-order valence-electron chi connectivity index (χ1n) is 6.24. The number of piperidine rings is 1. The molecule has 2 fully saturated rings. The van der Waals surface area contributed by atoms with Crippen molar-refractivity contribution < 1.29 is 9.84 Å². The number of nitrogens with one attached hydrogen (secondary N) is 1. The SMILES string of the molecule is CC1CCNC(C2(O)CCCOCC2)C1. The van der Waals surface area contributed by atoms with Crippen molar-refractivity contribution >= 4 is 0 Å². The molecule has 2 aliphatic heterocycles. The molecule has 0 spiro atoms. The molecule has 2 N–H and O–H groups in total. The van der Waals surface area contributed by atoms with Crippen LogP contribution in [0.5, 0.6) is 0 Å². The molecule has 0 aromatic carbocycles. The van der Waals surface area contributed by atoms with Crippen LogP contribution in [0.15, 0.2) is 0 Å². The maximum absolute atomic E-state index is 10.7. The largest absolute Gasteiger partial charge is 0.388 e. The van der Waals surface area contributed by atoms with E-state index in [1.807, 2.05) is 0 Å². The molecule has 2 aliphatic rings. The lowest BCUT2D eigenvalue weighted by molar-refractivity contribution is -0.0294. The van der Waals surface area contributed by atoms with E-state index in [0.29, 0.717) is 6.61 Å². The van der Waals surface area contributed by atoms with Crippen molar-refractivity contribution in [3.05, 3.63) is 0 Å². The highest BCUT2D eigenvalue weighted by molar-refractivity contribution is 4.95. The minimum absolute atomic E-state index is 0.281. The van der Waals surface area contributed by atoms with Crippen molar-refractivity contribution in [2.24, 2.45) is 5.92 Å². The fourth-order valence-electron chi connectivity index (χ4n) is 2.82. The molecule has 3 heteroatoms. The molecule has 15 heavy (non-hydrogen) atoms. The van der Waals surface area contributed by atoms with E-state index in [4.69, 9.17) is 4.74 Å². The van der Waals surface area contributed by atoms with Crippen LogP contribution in [0.4, 0.5) is 0 Å². The lowest BCUT2D eigenvalue weighted by Gasteiger charge is -2.40. The lowest BCUT2D eigenvalue weighted by atomic mass is 9.79. The second-order valence-corrected chi connectivity index (χ2v) is 5.21. The van der Waals surface area contributed by atoms with E-state index in [0.717, 1.165) is 44.8 Å². The summed E-state index contributed by atoms with van der Waals surface area (Å²) in [7, 11) is 0. The molecule has 2 saturated heterocycles. The molecule has 0 saturated carbocycles. The molecule has 0 bridgehead atoms. The zero-order valence-corrected chi connectivity index (χ0v) is 9.67. The van der Waals surface area contributed by atoms with Gasteiger partial charge in [0.2, 0.25) is 0 Å². The standard InChI is InChI=1S/C12H23NO2/c1-10-3-6-13-11(9-10)12(14)4-2-7-15-8-5-12/h10-11,13-14H,2-9H2,1H3. The van der Waals surface area contributed by atoms with Gasteiger partial charge in [0.15, 0.2) is 0 Å². The van der Waals surface area contributed by atoms with Gasteiger partial charge in [-0.3, -0.25) is 0 Å². The van der Waals surface area contributed by atoms with Crippen LogP contribution in [-0.2, 0) is 4.74 Å². The highest BCUT2D eigenvalue weighted by Crippen LogP contribution is 2.31. The van der Waals surface area contributed by atoms with Gasteiger partial charge in [0, 0.05) is 25.7 Å². The van der Waals surface area contributed by atoms with E-state index >= 15 is 0 Å². The second kappa shape index (κ2) is 4.81. The third kappa shape index (κ3) is 2.71. The zero-order chi connectivity index (χ0) is 10.7. The first-order chi connectivity index (χ1) is 7.21. The fraction of sp³-hybridized carbons (Fsp3) is 1.00. The molecule has 0 aliphatic carbocycles. The molecular weight excluding hydrogens is 190 g/mol. The predicted octanol–water partition coefficient (Wildman–Crippen LogP) is 1.31. The number of rotatable bonds is 1. The van der Waals surface area contributed by atoms with E-state index < -0.39 is 5.60 Å². The van der Waals surface area contributed by atoms with E-state index in [9.17, 15) is 5.11 Å². The smallest absolute Gasteiger partial charge is 0.0822 e. The summed E-state index contributed by atoms with van der Waals surface area (Å²) in [6.45, 7) is 4.85. The molecule has 0 amide bonds. The normalized spacial score (nSPS) is 43.6. The summed E-state index contributed by atoms with van der Waals surface area (Å²) in [5.74, 6) is 0.740. The van der Waals surface area contributed by atoms with Crippen LogP contribution in [0.25, 0.3) is 0 Å². The third-order valence-electron chi connectivity index (χ3n) is 3.89. The highest BCUT2D eigenvalue weighted by Gasteiger charge is 2.38. The van der Waals surface area contributed by atoms with Gasteiger partial charge >= 0.3 is 0 Å². The first-order valence-corrected chi connectivity index (χ1v) is 6.24. The van der Waals surface area contributed by atoms with Crippen molar-refractivity contribution in [2.75, 3.05) is 19.8 Å². The molecule has 0 radical (unpaired) electrons. The van der Waals surface area contributed by atoms with Crippen molar-refractivity contribution in [3.8, 4) is 0 Å². The summed E-state index contributed by atoms with van der Waals surface area (Å²) in [6, 6.07) is 0.281. The average Bonchev–Trinajstić information content (AvgIpc) is 2.44. The van der Waals surface area contributed by atoms with Gasteiger partial charge in [0.05, 0.1) is 5.60 Å². The Morgan fingerprint density at radius 3 is 3.00 bits per heavy atom. The van der Waals surface area contributed by atoms with E-state index in [1.54, 1.807) is 0 Å². The van der Waals surface area contributed by atoms with E-state index in [-0.39, 0.29) is 6.04 Å². The Labute approximate surface area is 92.2 Å². The van der Waals surface area contributed by atoms with Crippen LogP contribution in [0, 0.1) is 5.92 Å². The van der Waals surface area contributed by atoms with Crippen molar-refractivity contribution in [1.29, 1.82) is 0 Å². The Balaban J connectivity index is 1.98. The monoisotopic (exact) mass is 213 g/mol. The van der Waals surface area contributed by atoms with Gasteiger partial charge in [0.25, 0.3) is 0 Å². The number of hydrogen-bond acceptors (Lipinski definition) is 3. The van der Waals surface area contributed by atoms with Gasteiger partial charge in [0.1, 0.15) is 0 Å². The maximum Gasteiger partial charge on any atom is 0.0822 e. The van der Waals surface area contributed by atoms with E-state index in [1.165, 1.54) is 6.42 Å². The number of ether oxygens (including phenoxy) is 1. The van der Waals surface area contributed by atoms with Crippen LogP contribution in [0.3, 0.4) is 0 Å². The fourth-order valence-corrected chi connectivity index (χ4v) is 2.82. The molecule has 2 heterocycles. The Kier molecular flexibility index (Phi) is 3.65. The van der Waals surface area contributed by atoms with Gasteiger partial charge in [-0.1, -0.05) is 6.92 Å². The average molecular weight is 213 g/mol. The molecule has 88 valence electrons. The molecular formula is C12H23NO2. The summed E-state index contributed by atoms with van der Waals surface area (Å²) < 4.78 is 5.42. The minimum Gasteiger partial charge on any atom is -0.388 e. The van der Waals surface area contributed by atoms with Crippen molar-refractivity contribution in [3.63, 3.8) is 0 Å². The van der Waals surface area contributed by atoms with Crippen LogP contribution < -0.4 is 5.32 Å². The van der Waals surface area contributed by atoms with Gasteiger partial charge in [-0.05, 0) is 38.1 Å². The number of hydrogen-bond donors (Lipinski definition) is 2. The Hall–Kier alpha value is -0.120. The minimum atomic E-state index is -0.523.